The lowest BCUT2D eigenvalue weighted by Crippen LogP contribution is -2.43. The van der Waals surface area contributed by atoms with Crippen LogP contribution in [0.2, 0.25) is 0 Å². The molecule has 1 aromatic rings. The molecule has 6 nitrogen and oxygen atoms in total. The molecule has 0 aliphatic carbocycles. The van der Waals surface area contributed by atoms with Crippen LogP contribution in [-0.2, 0) is 16.1 Å². The van der Waals surface area contributed by atoms with Crippen LogP contribution in [0, 0.1) is 0 Å². The van der Waals surface area contributed by atoms with Gasteiger partial charge in [0.1, 0.15) is 6.26 Å². The molecule has 19 heavy (non-hydrogen) atoms. The largest absolute Gasteiger partial charge is 0.364 e. The van der Waals surface area contributed by atoms with E-state index in [1.165, 1.54) is 11.2 Å². The normalized spacial score (nSPS) is 19.7. The zero-order valence-electron chi connectivity index (χ0n) is 11.3. The van der Waals surface area contributed by atoms with Gasteiger partial charge in [-0.15, -0.1) is 0 Å². The summed E-state index contributed by atoms with van der Waals surface area (Å²) in [5.74, 6) is -0.210. The van der Waals surface area contributed by atoms with E-state index in [1.54, 1.807) is 6.07 Å². The Hall–Kier alpha value is -1.69. The minimum absolute atomic E-state index is 0.0128. The van der Waals surface area contributed by atoms with Crippen molar-refractivity contribution >= 4 is 11.8 Å². The van der Waals surface area contributed by atoms with Crippen LogP contribution in [0.5, 0.6) is 0 Å². The quantitative estimate of drug-likeness (QED) is 0.779. The van der Waals surface area contributed by atoms with Gasteiger partial charge in [0.15, 0.2) is 0 Å². The Morgan fingerprint density at radius 1 is 1.47 bits per heavy atom. The number of rotatable bonds is 6. The molecule has 1 fully saturated rings. The summed E-state index contributed by atoms with van der Waals surface area (Å²) in [6.07, 6.45) is 3.30. The number of hydrogen-bond acceptors (Lipinski definition) is 5. The van der Waals surface area contributed by atoms with Crippen molar-refractivity contribution in [2.45, 2.75) is 51.7 Å². The van der Waals surface area contributed by atoms with Gasteiger partial charge in [-0.05, 0) is 12.8 Å². The maximum Gasteiger partial charge on any atom is 0.247 e. The highest BCUT2D eigenvalue weighted by Crippen LogP contribution is 2.20. The molecule has 104 valence electrons. The summed E-state index contributed by atoms with van der Waals surface area (Å²) in [4.78, 5) is 25.6. The second-order valence-corrected chi connectivity index (χ2v) is 4.70. The summed E-state index contributed by atoms with van der Waals surface area (Å²) in [6, 6.07) is 1.30. The van der Waals surface area contributed by atoms with Gasteiger partial charge in [0.05, 0.1) is 18.2 Å². The summed E-state index contributed by atoms with van der Waals surface area (Å²) in [5.41, 5.74) is 0.723. The summed E-state index contributed by atoms with van der Waals surface area (Å²) in [6.45, 7) is 4.41. The first-order valence-corrected chi connectivity index (χ1v) is 6.65. The fourth-order valence-electron chi connectivity index (χ4n) is 2.40. The molecule has 0 radical (unpaired) electrons. The Labute approximate surface area is 112 Å². The molecule has 1 aliphatic heterocycles. The van der Waals surface area contributed by atoms with Crippen LogP contribution in [-0.4, -0.2) is 34.0 Å². The number of carbonyl (C=O) groups is 2. The molecule has 0 aromatic carbocycles. The standard InChI is InChI=1S/C13H19N3O3/c1-3-10(4-2)16-12(17)7-11(13(16)18)14-8-9-5-6-19-15-9/h5-6,10-11,14H,3-4,7-8H2,1-2H3. The predicted octanol–water partition coefficient (Wildman–Crippen LogP) is 1.08. The Morgan fingerprint density at radius 2 is 2.21 bits per heavy atom. The Bertz CT molecular complexity index is 440. The summed E-state index contributed by atoms with van der Waals surface area (Å²) >= 11 is 0. The molecular formula is C13H19N3O3. The molecule has 2 heterocycles. The van der Waals surface area contributed by atoms with Crippen molar-refractivity contribution in [3.05, 3.63) is 18.0 Å². The highest BCUT2D eigenvalue weighted by atomic mass is 16.5. The Balaban J connectivity index is 1.97. The highest BCUT2D eigenvalue weighted by molar-refractivity contribution is 6.05. The molecule has 1 saturated heterocycles. The van der Waals surface area contributed by atoms with Crippen LogP contribution in [0.3, 0.4) is 0 Å². The molecule has 0 spiro atoms. The third-order valence-corrected chi connectivity index (χ3v) is 3.51. The van der Waals surface area contributed by atoms with Crippen LogP contribution in [0.4, 0.5) is 0 Å². The van der Waals surface area contributed by atoms with Crippen molar-refractivity contribution in [3.63, 3.8) is 0 Å². The van der Waals surface area contributed by atoms with Crippen molar-refractivity contribution in [1.29, 1.82) is 0 Å². The molecule has 1 aliphatic rings. The van der Waals surface area contributed by atoms with Gasteiger partial charge in [-0.25, -0.2) is 0 Å². The van der Waals surface area contributed by atoms with Gasteiger partial charge in [-0.3, -0.25) is 19.8 Å². The second-order valence-electron chi connectivity index (χ2n) is 4.70. The van der Waals surface area contributed by atoms with Gasteiger partial charge >= 0.3 is 0 Å². The summed E-state index contributed by atoms with van der Waals surface area (Å²) < 4.78 is 4.72. The third kappa shape index (κ3) is 2.84. The van der Waals surface area contributed by atoms with Crippen LogP contribution >= 0.6 is 0 Å². The molecule has 2 amide bonds. The van der Waals surface area contributed by atoms with Crippen molar-refractivity contribution in [1.82, 2.24) is 15.4 Å². The van der Waals surface area contributed by atoms with E-state index in [4.69, 9.17) is 4.52 Å². The van der Waals surface area contributed by atoms with Crippen LogP contribution in [0.25, 0.3) is 0 Å². The van der Waals surface area contributed by atoms with Gasteiger partial charge in [-0.2, -0.15) is 0 Å². The first-order valence-electron chi connectivity index (χ1n) is 6.65. The first-order chi connectivity index (χ1) is 9.17. The zero-order chi connectivity index (χ0) is 13.8. The van der Waals surface area contributed by atoms with E-state index in [2.05, 4.69) is 10.5 Å². The first kappa shape index (κ1) is 13.7. The van der Waals surface area contributed by atoms with Crippen molar-refractivity contribution < 1.29 is 14.1 Å². The molecule has 6 heteroatoms. The maximum atomic E-state index is 12.2. The van der Waals surface area contributed by atoms with E-state index in [1.807, 2.05) is 13.8 Å². The number of aromatic nitrogens is 1. The number of likely N-dealkylation sites (tertiary alicyclic amines) is 1. The third-order valence-electron chi connectivity index (χ3n) is 3.51. The van der Waals surface area contributed by atoms with Crippen LogP contribution in [0.15, 0.2) is 16.9 Å². The van der Waals surface area contributed by atoms with Crippen LogP contribution in [0.1, 0.15) is 38.8 Å². The van der Waals surface area contributed by atoms with Gasteiger partial charge in [0.25, 0.3) is 0 Å². The highest BCUT2D eigenvalue weighted by Gasteiger charge is 2.40. The zero-order valence-corrected chi connectivity index (χ0v) is 11.3. The van der Waals surface area contributed by atoms with Gasteiger partial charge in [0.2, 0.25) is 11.8 Å². The van der Waals surface area contributed by atoms with E-state index >= 15 is 0 Å². The minimum atomic E-state index is -0.440. The number of carbonyl (C=O) groups excluding carboxylic acids is 2. The number of imide groups is 1. The maximum absolute atomic E-state index is 12.2. The molecule has 1 aromatic heterocycles. The number of amides is 2. The average Bonchev–Trinajstić information content (AvgIpc) is 3.00. The van der Waals surface area contributed by atoms with E-state index in [-0.39, 0.29) is 24.3 Å². The average molecular weight is 265 g/mol. The molecule has 1 unspecified atom stereocenters. The van der Waals surface area contributed by atoms with Crippen molar-refractivity contribution in [3.8, 4) is 0 Å². The molecule has 0 bridgehead atoms. The van der Waals surface area contributed by atoms with Crippen molar-refractivity contribution in [2.75, 3.05) is 0 Å². The van der Waals surface area contributed by atoms with Gasteiger partial charge in [0, 0.05) is 18.7 Å². The van der Waals surface area contributed by atoms with E-state index < -0.39 is 6.04 Å². The van der Waals surface area contributed by atoms with E-state index in [0.29, 0.717) is 6.54 Å². The number of hydrogen-bond donors (Lipinski definition) is 1. The Morgan fingerprint density at radius 3 is 2.79 bits per heavy atom. The SMILES string of the molecule is CCC(CC)N1C(=O)CC(NCc2ccon2)C1=O. The lowest BCUT2D eigenvalue weighted by Gasteiger charge is -2.24. The molecule has 2 rings (SSSR count). The lowest BCUT2D eigenvalue weighted by molar-refractivity contribution is -0.141. The Kier molecular flexibility index (Phi) is 4.31. The van der Waals surface area contributed by atoms with E-state index in [9.17, 15) is 9.59 Å². The monoisotopic (exact) mass is 265 g/mol. The summed E-state index contributed by atoms with van der Waals surface area (Å²) in [7, 11) is 0. The summed E-state index contributed by atoms with van der Waals surface area (Å²) in [5, 5.41) is 6.82. The van der Waals surface area contributed by atoms with Crippen molar-refractivity contribution in [2.24, 2.45) is 0 Å². The molecular weight excluding hydrogens is 246 g/mol. The fourth-order valence-corrected chi connectivity index (χ4v) is 2.40. The van der Waals surface area contributed by atoms with Crippen LogP contribution < -0.4 is 5.32 Å². The molecule has 0 saturated carbocycles. The molecule has 1 atom stereocenters. The van der Waals surface area contributed by atoms with Gasteiger partial charge in [-0.1, -0.05) is 19.0 Å². The fraction of sp³-hybridized carbons (Fsp3) is 0.615. The molecule has 1 N–H and O–H groups in total. The van der Waals surface area contributed by atoms with Gasteiger partial charge < -0.3 is 4.52 Å². The number of nitrogens with zero attached hydrogens (tertiary/aromatic N) is 2. The lowest BCUT2D eigenvalue weighted by atomic mass is 10.1. The smallest absolute Gasteiger partial charge is 0.247 e. The van der Waals surface area contributed by atoms with E-state index in [0.717, 1.165) is 18.5 Å². The minimum Gasteiger partial charge on any atom is -0.364 e. The predicted molar refractivity (Wildman–Crippen MR) is 68.0 cm³/mol. The topological polar surface area (TPSA) is 75.4 Å². The number of nitrogens with one attached hydrogen (secondary N) is 1. The second kappa shape index (κ2) is 5.97.